The van der Waals surface area contributed by atoms with Crippen LogP contribution in [0.5, 0.6) is 11.5 Å². The summed E-state index contributed by atoms with van der Waals surface area (Å²) >= 11 is 0. The predicted octanol–water partition coefficient (Wildman–Crippen LogP) is 6.25. The van der Waals surface area contributed by atoms with E-state index in [0.717, 1.165) is 28.8 Å². The number of aromatic nitrogens is 3. The molecule has 0 saturated heterocycles. The van der Waals surface area contributed by atoms with E-state index >= 15 is 0 Å². The summed E-state index contributed by atoms with van der Waals surface area (Å²) in [6.07, 6.45) is 1.35. The summed E-state index contributed by atoms with van der Waals surface area (Å²) in [7, 11) is 0. The molecule has 1 aliphatic rings. The van der Waals surface area contributed by atoms with Crippen LogP contribution >= 0.6 is 0 Å². The fourth-order valence-electron chi connectivity index (χ4n) is 5.53. The average Bonchev–Trinajstić information content (AvgIpc) is 3.74. The maximum atomic E-state index is 13.1. The van der Waals surface area contributed by atoms with Crippen molar-refractivity contribution in [2.75, 3.05) is 56.8 Å². The van der Waals surface area contributed by atoms with Crippen molar-refractivity contribution in [3.8, 4) is 22.6 Å². The number of nitrogens with two attached hydrogens (primary N) is 1. The fourth-order valence-corrected chi connectivity index (χ4v) is 5.53. The molecule has 2 N–H and O–H groups in total. The first-order chi connectivity index (χ1) is 25.2. The highest BCUT2D eigenvalue weighted by molar-refractivity contribution is 5.96. The number of alkyl halides is 3. The van der Waals surface area contributed by atoms with Gasteiger partial charge in [0.15, 0.2) is 11.6 Å². The molecule has 53 heavy (non-hydrogen) atoms. The van der Waals surface area contributed by atoms with Crippen molar-refractivity contribution in [2.45, 2.75) is 58.4 Å². The molecule has 0 unspecified atom stereocenters. The standard InChI is InChI=1S/C38H44F3N5O7/c1-37(2,3)53-35(48)10-13-49-15-17-51-18-16-50-14-12-45-25-29(24-44-45)28-22-33(36(42)43-23-28)52-31-7-8-32-27(21-31)9-11-46(32)34(47)20-26-5-4-6-30(19-26)38(39,40)41/h4-8,19,21-25H,9-18,20H2,1-3H3,(H2,42,43). The number of fused-ring (bicyclic) bond motifs is 1. The highest BCUT2D eigenvalue weighted by Crippen LogP contribution is 2.36. The van der Waals surface area contributed by atoms with E-state index in [9.17, 15) is 22.8 Å². The van der Waals surface area contributed by atoms with Gasteiger partial charge in [0.05, 0.1) is 70.8 Å². The lowest BCUT2D eigenvalue weighted by molar-refractivity contribution is -0.156. The number of nitrogens with zero attached hydrogens (tertiary/aromatic N) is 4. The van der Waals surface area contributed by atoms with Gasteiger partial charge in [-0.25, -0.2) is 4.98 Å². The number of carbonyl (C=O) groups excluding carboxylic acids is 2. The molecule has 0 aliphatic carbocycles. The Morgan fingerprint density at radius 2 is 1.62 bits per heavy atom. The summed E-state index contributed by atoms with van der Waals surface area (Å²) in [5.41, 5.74) is 8.28. The molecule has 0 radical (unpaired) electrons. The Kier molecular flexibility index (Phi) is 13.1. The molecule has 4 aromatic rings. The first-order valence-electron chi connectivity index (χ1n) is 17.3. The third kappa shape index (κ3) is 11.8. The molecule has 0 atom stereocenters. The SMILES string of the molecule is CC(C)(C)OC(=O)CCOCCOCCOCCn1cc(-c2cnc(N)c(Oc3ccc4c(c3)CCN4C(=O)Cc3cccc(C(F)(F)F)c3)c2)cn1. The summed E-state index contributed by atoms with van der Waals surface area (Å²) in [5.74, 6) is 0.471. The minimum Gasteiger partial charge on any atom is -0.460 e. The predicted molar refractivity (Wildman–Crippen MR) is 191 cm³/mol. The molecule has 2 aromatic carbocycles. The van der Waals surface area contributed by atoms with Crippen molar-refractivity contribution in [2.24, 2.45) is 0 Å². The number of benzene rings is 2. The van der Waals surface area contributed by atoms with E-state index in [2.05, 4.69) is 10.1 Å². The van der Waals surface area contributed by atoms with Crippen LogP contribution in [0.4, 0.5) is 24.7 Å². The van der Waals surface area contributed by atoms with Crippen LogP contribution in [0.25, 0.3) is 11.1 Å². The second-order valence-electron chi connectivity index (χ2n) is 13.3. The molecule has 0 fully saturated rings. The van der Waals surface area contributed by atoms with Crippen molar-refractivity contribution in [1.29, 1.82) is 0 Å². The summed E-state index contributed by atoms with van der Waals surface area (Å²) in [4.78, 5) is 30.6. The first kappa shape index (κ1) is 39.2. The van der Waals surface area contributed by atoms with Crippen molar-refractivity contribution in [3.05, 3.63) is 83.8 Å². The van der Waals surface area contributed by atoms with E-state index in [1.165, 1.54) is 12.1 Å². The summed E-state index contributed by atoms with van der Waals surface area (Å²) < 4.78 is 69.1. The van der Waals surface area contributed by atoms with Gasteiger partial charge >= 0.3 is 12.1 Å². The Labute approximate surface area is 305 Å². The Bertz CT molecular complexity index is 1860. The minimum absolute atomic E-state index is 0.146. The molecule has 0 saturated carbocycles. The van der Waals surface area contributed by atoms with Crippen LogP contribution in [0.3, 0.4) is 0 Å². The molecule has 3 heterocycles. The van der Waals surface area contributed by atoms with Gasteiger partial charge in [-0.2, -0.15) is 18.3 Å². The maximum absolute atomic E-state index is 13.1. The summed E-state index contributed by atoms with van der Waals surface area (Å²) in [5, 5.41) is 4.41. The maximum Gasteiger partial charge on any atom is 0.416 e. The van der Waals surface area contributed by atoms with Crippen molar-refractivity contribution in [1.82, 2.24) is 14.8 Å². The largest absolute Gasteiger partial charge is 0.460 e. The molecule has 1 amide bonds. The molecular weight excluding hydrogens is 695 g/mol. The van der Waals surface area contributed by atoms with Gasteiger partial charge in [-0.1, -0.05) is 18.2 Å². The highest BCUT2D eigenvalue weighted by atomic mass is 19.4. The zero-order chi connectivity index (χ0) is 38.0. The van der Waals surface area contributed by atoms with E-state index in [1.54, 1.807) is 40.2 Å². The van der Waals surface area contributed by atoms with E-state index in [-0.39, 0.29) is 37.1 Å². The lowest BCUT2D eigenvalue weighted by Crippen LogP contribution is -2.30. The average molecular weight is 740 g/mol. The topological polar surface area (TPSA) is 140 Å². The second-order valence-corrected chi connectivity index (χ2v) is 13.3. The number of rotatable bonds is 17. The van der Waals surface area contributed by atoms with Crippen LogP contribution < -0.4 is 15.4 Å². The number of amides is 1. The summed E-state index contributed by atoms with van der Waals surface area (Å²) in [6.45, 7) is 8.68. The zero-order valence-corrected chi connectivity index (χ0v) is 30.0. The Morgan fingerprint density at radius 1 is 0.887 bits per heavy atom. The van der Waals surface area contributed by atoms with E-state index in [0.29, 0.717) is 75.3 Å². The molecule has 12 nitrogen and oxygen atoms in total. The number of hydrogen-bond donors (Lipinski definition) is 1. The highest BCUT2D eigenvalue weighted by Gasteiger charge is 2.31. The molecule has 1 aliphatic heterocycles. The van der Waals surface area contributed by atoms with Crippen LogP contribution in [0.15, 0.2) is 67.1 Å². The van der Waals surface area contributed by atoms with E-state index in [4.69, 9.17) is 29.4 Å². The van der Waals surface area contributed by atoms with Gasteiger partial charge in [-0.05, 0) is 68.7 Å². The van der Waals surface area contributed by atoms with E-state index in [1.807, 2.05) is 33.0 Å². The molecule has 15 heteroatoms. The molecule has 0 spiro atoms. The lowest BCUT2D eigenvalue weighted by Gasteiger charge is -2.19. The van der Waals surface area contributed by atoms with Crippen LogP contribution in [0.2, 0.25) is 0 Å². The molecule has 5 rings (SSSR count). The number of ether oxygens (including phenoxy) is 5. The van der Waals surface area contributed by atoms with Crippen molar-refractivity contribution < 1.29 is 46.4 Å². The third-order valence-corrected chi connectivity index (χ3v) is 8.01. The number of hydrogen-bond acceptors (Lipinski definition) is 10. The van der Waals surface area contributed by atoms with Gasteiger partial charge < -0.3 is 34.3 Å². The fraction of sp³-hybridized carbons (Fsp3) is 0.421. The monoisotopic (exact) mass is 739 g/mol. The van der Waals surface area contributed by atoms with Crippen molar-refractivity contribution in [3.63, 3.8) is 0 Å². The van der Waals surface area contributed by atoms with Crippen LogP contribution in [-0.4, -0.2) is 78.4 Å². The number of esters is 1. The van der Waals surface area contributed by atoms with Crippen LogP contribution in [0, 0.1) is 0 Å². The quantitative estimate of drug-likeness (QED) is 0.0976. The van der Waals surface area contributed by atoms with Crippen LogP contribution in [0.1, 0.15) is 43.9 Å². The lowest BCUT2D eigenvalue weighted by atomic mass is 10.1. The number of anilines is 2. The molecule has 0 bridgehead atoms. The molecule has 2 aromatic heterocycles. The Balaban J connectivity index is 1.05. The third-order valence-electron chi connectivity index (χ3n) is 8.01. The van der Waals surface area contributed by atoms with Gasteiger partial charge in [-0.3, -0.25) is 14.3 Å². The zero-order valence-electron chi connectivity index (χ0n) is 30.0. The minimum atomic E-state index is -4.48. The molecular formula is C38H44F3N5O7. The van der Waals surface area contributed by atoms with E-state index < -0.39 is 17.3 Å². The van der Waals surface area contributed by atoms with Gasteiger partial charge in [-0.15, -0.1) is 0 Å². The number of pyridine rings is 1. The number of halogens is 3. The summed E-state index contributed by atoms with van der Waals surface area (Å²) in [6, 6.07) is 11.9. The van der Waals surface area contributed by atoms with Crippen LogP contribution in [-0.2, 0) is 54.1 Å². The van der Waals surface area contributed by atoms with Gasteiger partial charge in [0, 0.05) is 35.8 Å². The van der Waals surface area contributed by atoms with Crippen molar-refractivity contribution >= 4 is 23.4 Å². The first-order valence-corrected chi connectivity index (χ1v) is 17.3. The normalized spacial score (nSPS) is 12.9. The number of carbonyl (C=O) groups is 2. The van der Waals surface area contributed by atoms with Gasteiger partial charge in [0.1, 0.15) is 11.4 Å². The Hall–Kier alpha value is -4.99. The molecule has 284 valence electrons. The number of nitrogen functional groups attached to an aromatic ring is 1. The second kappa shape index (κ2) is 17.7. The van der Waals surface area contributed by atoms with Gasteiger partial charge in [0.2, 0.25) is 5.91 Å². The van der Waals surface area contributed by atoms with Gasteiger partial charge in [0.25, 0.3) is 0 Å². The smallest absolute Gasteiger partial charge is 0.416 e. The Morgan fingerprint density at radius 3 is 2.36 bits per heavy atom.